The van der Waals surface area contributed by atoms with Crippen LogP contribution in [0.2, 0.25) is 0 Å². The molecule has 5 rings (SSSR count). The van der Waals surface area contributed by atoms with Crippen LogP contribution in [0, 0.1) is 6.92 Å². The molecule has 5 N–H and O–H groups in total. The number of rotatable bonds is 24. The number of aliphatic hydroxyl groups excluding tert-OH is 1. The van der Waals surface area contributed by atoms with Crippen LogP contribution in [0.1, 0.15) is 44.4 Å². The zero-order valence-electron chi connectivity index (χ0n) is 34.2. The molecule has 0 unspecified atom stereocenters. The van der Waals surface area contributed by atoms with Crippen molar-refractivity contribution in [1.29, 1.82) is 0 Å². The van der Waals surface area contributed by atoms with Crippen molar-refractivity contribution in [2.24, 2.45) is 0 Å². The Morgan fingerprint density at radius 2 is 1.68 bits per heavy atom. The molecule has 0 radical (unpaired) electrons. The van der Waals surface area contributed by atoms with Crippen LogP contribution in [-0.4, -0.2) is 138 Å². The van der Waals surface area contributed by atoms with Crippen molar-refractivity contribution in [3.8, 4) is 21.9 Å². The molecule has 2 aliphatic rings. The minimum absolute atomic E-state index is 0.0286. The minimum Gasteiger partial charge on any atom is -0.494 e. The number of β-amino-alcohol motifs (C(OH)–C–C–N with tert-alkyl or cyclic N) is 1. The third-order valence-electron chi connectivity index (χ3n) is 9.96. The fraction of sp³-hybridized carbons (Fsp3) is 0.537. The number of likely N-dealkylation sites (tertiary alicyclic amines) is 1. The van der Waals surface area contributed by atoms with Crippen molar-refractivity contribution in [3.05, 3.63) is 59.2 Å². The number of benzene rings is 2. The molecule has 1 aliphatic carbocycles. The summed E-state index contributed by atoms with van der Waals surface area (Å²) in [6.45, 7) is 7.77. The van der Waals surface area contributed by atoms with Gasteiger partial charge in [-0.05, 0) is 56.9 Å². The van der Waals surface area contributed by atoms with Gasteiger partial charge in [-0.25, -0.2) is 14.2 Å². The highest BCUT2D eigenvalue weighted by Gasteiger charge is 2.54. The van der Waals surface area contributed by atoms with Gasteiger partial charge in [0.2, 0.25) is 11.8 Å². The van der Waals surface area contributed by atoms with E-state index < -0.39 is 52.4 Å². The smallest absolute Gasteiger partial charge is 0.409 e. The third-order valence-corrected chi connectivity index (χ3v) is 12.3. The molecule has 2 fully saturated rings. The molecule has 2 aromatic carbocycles. The number of ether oxygens (including phenoxy) is 5. The maximum Gasteiger partial charge on any atom is 0.409 e. The highest BCUT2D eigenvalue weighted by Crippen LogP contribution is 2.41. The van der Waals surface area contributed by atoms with Gasteiger partial charge < -0.3 is 49.4 Å². The van der Waals surface area contributed by atoms with Crippen molar-refractivity contribution in [1.82, 2.24) is 20.5 Å². The molecule has 19 heteroatoms. The molecule has 0 bridgehead atoms. The Morgan fingerprint density at radius 3 is 2.30 bits per heavy atom. The standard InChI is InChI=1S/C41H54FN5O11S2/c1-26-34(59-25-44-26)28-7-5-27(6-8-28)23-43-36(49)32-21-29(48)24-47(32)37(50)35(46-38(51)41(42)11-12-41)40(2,3)60-20-19-57-16-15-55-13-14-56-17-18-58-30-9-10-31(45-39(52)53)33(22-30)54-4/h5-10,22,25,29,32,35,45,48H,11-21,23-24H2,1-4H3,(H,43,49)(H,46,51)(H,52,53)/t29-,32-,35-/m1/s1. The second kappa shape index (κ2) is 21.8. The first-order chi connectivity index (χ1) is 28.7. The van der Waals surface area contributed by atoms with E-state index in [1.54, 1.807) is 48.9 Å². The molecule has 1 aliphatic heterocycles. The van der Waals surface area contributed by atoms with Crippen LogP contribution in [0.15, 0.2) is 48.0 Å². The maximum absolute atomic E-state index is 14.9. The lowest BCUT2D eigenvalue weighted by atomic mass is 10.00. The van der Waals surface area contributed by atoms with Gasteiger partial charge in [0.1, 0.15) is 30.2 Å². The summed E-state index contributed by atoms with van der Waals surface area (Å²) in [6.07, 6.45) is -1.97. The number of thioether (sulfide) groups is 1. The number of hydrogen-bond donors (Lipinski definition) is 5. The van der Waals surface area contributed by atoms with Gasteiger partial charge in [-0.15, -0.1) is 11.3 Å². The van der Waals surface area contributed by atoms with Crippen LogP contribution in [0.5, 0.6) is 11.5 Å². The lowest BCUT2D eigenvalue weighted by molar-refractivity contribution is -0.143. The summed E-state index contributed by atoms with van der Waals surface area (Å²) in [4.78, 5) is 58.3. The van der Waals surface area contributed by atoms with E-state index in [2.05, 4.69) is 20.9 Å². The number of carbonyl (C=O) groups is 4. The van der Waals surface area contributed by atoms with Gasteiger partial charge in [0.15, 0.2) is 5.67 Å². The summed E-state index contributed by atoms with van der Waals surface area (Å²) in [5.41, 5.74) is 2.90. The van der Waals surface area contributed by atoms with Gasteiger partial charge in [0.25, 0.3) is 5.91 Å². The van der Waals surface area contributed by atoms with E-state index in [1.165, 1.54) is 23.8 Å². The van der Waals surface area contributed by atoms with E-state index in [1.807, 2.05) is 31.2 Å². The van der Waals surface area contributed by atoms with E-state index in [-0.39, 0.29) is 39.0 Å². The average molecular weight is 876 g/mol. The Hall–Kier alpha value is -4.53. The highest BCUT2D eigenvalue weighted by atomic mass is 32.2. The van der Waals surface area contributed by atoms with Crippen molar-refractivity contribution < 1.29 is 57.5 Å². The van der Waals surface area contributed by atoms with E-state index in [0.29, 0.717) is 62.6 Å². The molecule has 4 amide bonds. The second-order valence-electron chi connectivity index (χ2n) is 14.9. The number of aromatic nitrogens is 1. The van der Waals surface area contributed by atoms with E-state index in [9.17, 15) is 28.7 Å². The summed E-state index contributed by atoms with van der Waals surface area (Å²) in [5.74, 6) is -0.602. The molecular weight excluding hydrogens is 822 g/mol. The Labute approximate surface area is 356 Å². The number of carbonyl (C=O) groups excluding carboxylic acids is 3. The summed E-state index contributed by atoms with van der Waals surface area (Å²) in [7, 11) is 1.43. The van der Waals surface area contributed by atoms with Gasteiger partial charge >= 0.3 is 6.09 Å². The summed E-state index contributed by atoms with van der Waals surface area (Å²) < 4.78 is 41.6. The number of halogens is 1. The fourth-order valence-electron chi connectivity index (χ4n) is 6.45. The quantitative estimate of drug-likeness (QED) is 0.0792. The summed E-state index contributed by atoms with van der Waals surface area (Å²) in [6, 6.07) is 10.3. The predicted molar refractivity (Wildman–Crippen MR) is 224 cm³/mol. The number of hydrogen-bond acceptors (Lipinski definition) is 13. The Morgan fingerprint density at radius 1 is 1.02 bits per heavy atom. The minimum atomic E-state index is -2.03. The van der Waals surface area contributed by atoms with Crippen LogP contribution >= 0.6 is 23.1 Å². The molecular formula is C41H54FN5O11S2. The average Bonchev–Trinajstić information content (AvgIpc) is 3.63. The van der Waals surface area contributed by atoms with Crippen LogP contribution in [0.4, 0.5) is 14.9 Å². The number of carboxylic acid groups (broad SMARTS) is 1. The fourth-order valence-corrected chi connectivity index (χ4v) is 8.31. The lowest BCUT2D eigenvalue weighted by Gasteiger charge is -2.37. The van der Waals surface area contributed by atoms with Crippen molar-refractivity contribution in [2.45, 2.75) is 75.2 Å². The van der Waals surface area contributed by atoms with E-state index in [4.69, 9.17) is 28.8 Å². The molecule has 328 valence electrons. The van der Waals surface area contributed by atoms with Crippen molar-refractivity contribution in [3.63, 3.8) is 0 Å². The Kier molecular flexibility index (Phi) is 16.9. The Bertz CT molecular complexity index is 1910. The zero-order chi connectivity index (χ0) is 43.3. The molecule has 3 aromatic rings. The monoisotopic (exact) mass is 875 g/mol. The lowest BCUT2D eigenvalue weighted by Crippen LogP contribution is -2.61. The van der Waals surface area contributed by atoms with Gasteiger partial charge in [0, 0.05) is 36.1 Å². The number of nitrogens with one attached hydrogen (secondary N) is 3. The number of anilines is 1. The normalized spacial score (nSPS) is 17.5. The van der Waals surface area contributed by atoms with Crippen LogP contribution in [0.25, 0.3) is 10.4 Å². The van der Waals surface area contributed by atoms with Gasteiger partial charge in [-0.2, -0.15) is 11.8 Å². The number of nitrogens with zero attached hydrogens (tertiary/aromatic N) is 2. The molecule has 3 atom stereocenters. The van der Waals surface area contributed by atoms with Gasteiger partial charge in [-0.3, -0.25) is 19.7 Å². The number of amides is 4. The predicted octanol–water partition coefficient (Wildman–Crippen LogP) is 4.42. The van der Waals surface area contributed by atoms with Crippen LogP contribution < -0.4 is 25.4 Å². The topological polar surface area (TPSA) is 207 Å². The molecule has 2 heterocycles. The van der Waals surface area contributed by atoms with E-state index in [0.717, 1.165) is 21.7 Å². The highest BCUT2D eigenvalue weighted by molar-refractivity contribution is 8.00. The third kappa shape index (κ3) is 13.2. The molecule has 16 nitrogen and oxygen atoms in total. The van der Waals surface area contributed by atoms with Crippen molar-refractivity contribution >= 4 is 52.6 Å². The largest absolute Gasteiger partial charge is 0.494 e. The SMILES string of the molecule is COc1cc(OCCOCCOCCOCCSC(C)(C)[C@H](NC(=O)C2(F)CC2)C(=O)N2C[C@H](O)C[C@@H]2C(=O)NCc2ccc(-c3scnc3C)cc2)ccc1NC(=O)O. The van der Waals surface area contributed by atoms with E-state index >= 15 is 0 Å². The number of aryl methyl sites for hydroxylation is 1. The summed E-state index contributed by atoms with van der Waals surface area (Å²) >= 11 is 2.92. The molecule has 1 saturated heterocycles. The number of methoxy groups -OCH3 is 1. The molecule has 60 heavy (non-hydrogen) atoms. The first-order valence-corrected chi connectivity index (χ1v) is 21.5. The zero-order valence-corrected chi connectivity index (χ0v) is 35.8. The maximum atomic E-state index is 14.9. The van der Waals surface area contributed by atoms with Crippen LogP contribution in [0.3, 0.4) is 0 Å². The second-order valence-corrected chi connectivity index (χ2v) is 17.5. The molecule has 1 saturated carbocycles. The van der Waals surface area contributed by atoms with Gasteiger partial charge in [-0.1, -0.05) is 24.3 Å². The number of alkyl halides is 1. The number of aliphatic hydroxyl groups is 1. The summed E-state index contributed by atoms with van der Waals surface area (Å²) in [5, 5.41) is 27.3. The van der Waals surface area contributed by atoms with Crippen molar-refractivity contribution in [2.75, 3.05) is 71.0 Å². The van der Waals surface area contributed by atoms with Gasteiger partial charge in [0.05, 0.1) is 74.6 Å². The Balaban J connectivity index is 1.02. The number of thiazole rings is 1. The first-order valence-electron chi connectivity index (χ1n) is 19.6. The molecule has 1 aromatic heterocycles. The van der Waals surface area contributed by atoms with Crippen LogP contribution in [-0.2, 0) is 35.1 Å². The first kappa shape index (κ1) is 46.5. The molecule has 0 spiro atoms.